The van der Waals surface area contributed by atoms with Gasteiger partial charge in [-0.25, -0.2) is 13.0 Å². The van der Waals surface area contributed by atoms with Gasteiger partial charge in [-0.15, -0.1) is 0 Å². The number of nitrogens with two attached hydrogens (primary N) is 1. The lowest BCUT2D eigenvalue weighted by Gasteiger charge is -2.22. The van der Waals surface area contributed by atoms with Crippen molar-refractivity contribution < 1.29 is 17.8 Å². The molecule has 0 atom stereocenters. The number of sulfone groups is 1. The monoisotopic (exact) mass is 414 g/mol. The zero-order chi connectivity index (χ0) is 21.3. The SMILES string of the molecule is C=CS(=O)(=O)CCN(CC)c1ccc(C=Cc2cc[n+](CCC(N)=O)cc2)cc1. The Morgan fingerprint density at radius 3 is 2.21 bits per heavy atom. The summed E-state index contributed by atoms with van der Waals surface area (Å²) >= 11 is 0. The Morgan fingerprint density at radius 1 is 1.10 bits per heavy atom. The van der Waals surface area contributed by atoms with Crippen LogP contribution in [0, 0.1) is 0 Å². The smallest absolute Gasteiger partial charge is 0.223 e. The predicted molar refractivity (Wildman–Crippen MR) is 118 cm³/mol. The van der Waals surface area contributed by atoms with Gasteiger partial charge in [-0.05, 0) is 30.2 Å². The predicted octanol–water partition coefficient (Wildman–Crippen LogP) is 2.40. The lowest BCUT2D eigenvalue weighted by Crippen LogP contribution is -2.34. The molecule has 1 aromatic carbocycles. The quantitative estimate of drug-likeness (QED) is 0.572. The van der Waals surface area contributed by atoms with Crippen molar-refractivity contribution in [3.63, 3.8) is 0 Å². The second kappa shape index (κ2) is 10.6. The average molecular weight is 415 g/mol. The molecule has 2 rings (SSSR count). The summed E-state index contributed by atoms with van der Waals surface area (Å²) in [6, 6.07) is 12.0. The lowest BCUT2D eigenvalue weighted by molar-refractivity contribution is -0.695. The fourth-order valence-electron chi connectivity index (χ4n) is 2.75. The molecule has 0 aliphatic carbocycles. The Morgan fingerprint density at radius 2 is 1.69 bits per heavy atom. The van der Waals surface area contributed by atoms with Gasteiger partial charge in [0.1, 0.15) is 0 Å². The second-order valence-electron chi connectivity index (χ2n) is 6.62. The van der Waals surface area contributed by atoms with Gasteiger partial charge in [0.05, 0.1) is 12.2 Å². The molecule has 0 saturated heterocycles. The van der Waals surface area contributed by atoms with Gasteiger partial charge >= 0.3 is 0 Å². The van der Waals surface area contributed by atoms with Crippen molar-refractivity contribution in [2.75, 3.05) is 23.7 Å². The molecule has 2 aromatic rings. The summed E-state index contributed by atoms with van der Waals surface area (Å²) < 4.78 is 25.2. The number of benzene rings is 1. The van der Waals surface area contributed by atoms with E-state index in [2.05, 4.69) is 6.58 Å². The highest BCUT2D eigenvalue weighted by Crippen LogP contribution is 2.17. The number of anilines is 1. The highest BCUT2D eigenvalue weighted by molar-refractivity contribution is 7.94. The van der Waals surface area contributed by atoms with Crippen molar-refractivity contribution in [1.29, 1.82) is 0 Å². The summed E-state index contributed by atoms with van der Waals surface area (Å²) in [5.41, 5.74) is 8.25. The van der Waals surface area contributed by atoms with Crippen molar-refractivity contribution in [1.82, 2.24) is 0 Å². The number of pyridine rings is 1. The molecule has 2 N–H and O–H groups in total. The second-order valence-corrected chi connectivity index (χ2v) is 8.69. The highest BCUT2D eigenvalue weighted by Gasteiger charge is 2.10. The molecule has 0 aliphatic rings. The summed E-state index contributed by atoms with van der Waals surface area (Å²) in [5.74, 6) is -0.256. The number of amides is 1. The average Bonchev–Trinajstić information content (AvgIpc) is 2.72. The van der Waals surface area contributed by atoms with Gasteiger partial charge in [0.2, 0.25) is 5.91 Å². The van der Waals surface area contributed by atoms with Gasteiger partial charge in [-0.2, -0.15) is 0 Å². The van der Waals surface area contributed by atoms with E-state index in [-0.39, 0.29) is 11.7 Å². The number of hydrogen-bond donors (Lipinski definition) is 1. The summed E-state index contributed by atoms with van der Waals surface area (Å²) in [5, 5.41) is 1.01. The fraction of sp³-hybridized carbons (Fsp3) is 0.273. The Hall–Kier alpha value is -2.93. The van der Waals surface area contributed by atoms with Crippen LogP contribution in [0.2, 0.25) is 0 Å². The van der Waals surface area contributed by atoms with Crippen molar-refractivity contribution in [2.45, 2.75) is 19.9 Å². The van der Waals surface area contributed by atoms with Gasteiger partial charge < -0.3 is 10.6 Å². The Bertz CT molecular complexity index is 950. The molecule has 1 amide bonds. The minimum absolute atomic E-state index is 0.0550. The molecule has 0 radical (unpaired) electrons. The topological polar surface area (TPSA) is 84.3 Å². The van der Waals surface area contributed by atoms with E-state index in [1.54, 1.807) is 0 Å². The maximum Gasteiger partial charge on any atom is 0.223 e. The van der Waals surface area contributed by atoms with Gasteiger partial charge in [-0.1, -0.05) is 30.9 Å². The molecule has 0 bridgehead atoms. The maximum absolute atomic E-state index is 11.6. The molecule has 29 heavy (non-hydrogen) atoms. The Labute approximate surface area is 172 Å². The first kappa shape index (κ1) is 22.4. The van der Waals surface area contributed by atoms with Gasteiger partial charge in [0, 0.05) is 36.3 Å². The third-order valence-corrected chi connectivity index (χ3v) is 5.80. The maximum atomic E-state index is 11.6. The van der Waals surface area contributed by atoms with Crippen molar-refractivity contribution in [3.8, 4) is 0 Å². The minimum atomic E-state index is -3.20. The van der Waals surface area contributed by atoms with Crippen LogP contribution in [0.3, 0.4) is 0 Å². The molecule has 7 heteroatoms. The van der Waals surface area contributed by atoms with E-state index in [1.165, 1.54) is 0 Å². The van der Waals surface area contributed by atoms with E-state index >= 15 is 0 Å². The van der Waals surface area contributed by atoms with Gasteiger partial charge in [0.25, 0.3) is 0 Å². The van der Waals surface area contributed by atoms with Crippen LogP contribution >= 0.6 is 0 Å². The third-order valence-electron chi connectivity index (χ3n) is 4.54. The molecular formula is C22H28N3O3S+. The number of hydrogen-bond acceptors (Lipinski definition) is 4. The van der Waals surface area contributed by atoms with Gasteiger partial charge in [0.15, 0.2) is 28.8 Å². The van der Waals surface area contributed by atoms with E-state index in [1.807, 2.05) is 77.3 Å². The van der Waals surface area contributed by atoms with E-state index in [9.17, 15) is 13.2 Å². The normalized spacial score (nSPS) is 11.5. The van der Waals surface area contributed by atoms with Crippen LogP contribution in [-0.4, -0.2) is 33.2 Å². The molecule has 0 unspecified atom stereocenters. The molecule has 6 nitrogen and oxygen atoms in total. The number of aryl methyl sites for hydroxylation is 1. The molecule has 0 saturated carbocycles. The summed E-state index contributed by atoms with van der Waals surface area (Å²) in [7, 11) is -3.20. The van der Waals surface area contributed by atoms with Crippen LogP contribution in [0.4, 0.5) is 5.69 Å². The third kappa shape index (κ3) is 7.54. The van der Waals surface area contributed by atoms with E-state index < -0.39 is 9.84 Å². The van der Waals surface area contributed by atoms with Crippen LogP contribution < -0.4 is 15.2 Å². The molecular weight excluding hydrogens is 386 g/mol. The minimum Gasteiger partial charge on any atom is -0.371 e. The Balaban J connectivity index is 1.98. The zero-order valence-corrected chi connectivity index (χ0v) is 17.5. The van der Waals surface area contributed by atoms with E-state index in [0.717, 1.165) is 28.8 Å². The molecule has 1 heterocycles. The van der Waals surface area contributed by atoms with E-state index in [4.69, 9.17) is 5.73 Å². The number of carbonyl (C=O) groups excluding carboxylic acids is 1. The number of aromatic nitrogens is 1. The number of rotatable bonds is 11. The molecule has 1 aromatic heterocycles. The van der Waals surface area contributed by atoms with Crippen molar-refractivity contribution in [2.24, 2.45) is 5.73 Å². The first-order valence-corrected chi connectivity index (χ1v) is 11.2. The summed E-state index contributed by atoms with van der Waals surface area (Å²) in [4.78, 5) is 12.9. The number of carbonyl (C=O) groups is 1. The summed E-state index contributed by atoms with van der Waals surface area (Å²) in [6.07, 6.45) is 8.19. The lowest BCUT2D eigenvalue weighted by atomic mass is 10.1. The standard InChI is InChI=1S/C22H27N3O3S/c1-3-25(17-18-29(27,28)4-2)21-9-7-19(8-10-21)5-6-20-11-14-24(15-12-20)16-13-22(23)26/h4-12,14-15H,2-3,13,16-18H2,1H3,(H-,23,26)/p+1. The zero-order valence-electron chi connectivity index (χ0n) is 16.7. The Kier molecular flexibility index (Phi) is 8.15. The van der Waals surface area contributed by atoms with E-state index in [0.29, 0.717) is 19.5 Å². The van der Waals surface area contributed by atoms with Crippen LogP contribution in [0.5, 0.6) is 0 Å². The molecule has 0 aliphatic heterocycles. The molecule has 154 valence electrons. The first-order valence-electron chi connectivity index (χ1n) is 9.48. The summed E-state index contributed by atoms with van der Waals surface area (Å²) in [6.45, 7) is 7.08. The largest absolute Gasteiger partial charge is 0.371 e. The van der Waals surface area contributed by atoms with Crippen LogP contribution in [0.1, 0.15) is 24.5 Å². The molecule has 0 spiro atoms. The van der Waals surface area contributed by atoms with Crippen molar-refractivity contribution in [3.05, 3.63) is 71.9 Å². The fourth-order valence-corrected chi connectivity index (χ4v) is 3.39. The van der Waals surface area contributed by atoms with Crippen LogP contribution in [0.15, 0.2) is 60.8 Å². The van der Waals surface area contributed by atoms with Crippen molar-refractivity contribution >= 4 is 33.6 Å². The van der Waals surface area contributed by atoms with Gasteiger partial charge in [-0.3, -0.25) is 4.79 Å². The highest BCUT2D eigenvalue weighted by atomic mass is 32.2. The molecule has 0 fully saturated rings. The van der Waals surface area contributed by atoms with Crippen LogP contribution in [-0.2, 0) is 21.2 Å². The number of nitrogens with zero attached hydrogens (tertiary/aromatic N) is 2. The number of primary amides is 1. The first-order chi connectivity index (χ1) is 13.8. The van der Waals surface area contributed by atoms with Crippen LogP contribution in [0.25, 0.3) is 12.2 Å².